The molecule has 0 radical (unpaired) electrons. The lowest BCUT2D eigenvalue weighted by Gasteiger charge is -2.35. The van der Waals surface area contributed by atoms with Crippen LogP contribution in [-0.2, 0) is 9.59 Å². The molecule has 1 aliphatic heterocycles. The predicted octanol–water partition coefficient (Wildman–Crippen LogP) is 0.942. The Morgan fingerprint density at radius 3 is 2.57 bits per heavy atom. The van der Waals surface area contributed by atoms with Crippen molar-refractivity contribution in [1.29, 1.82) is 0 Å². The largest absolute Gasteiger partial charge is 0.478 e. The molecule has 1 aromatic carbocycles. The van der Waals surface area contributed by atoms with Crippen LogP contribution in [-0.4, -0.2) is 24.5 Å². The van der Waals surface area contributed by atoms with E-state index >= 15 is 0 Å². The molecule has 4 N–H and O–H groups in total. The number of benzene rings is 1. The van der Waals surface area contributed by atoms with Crippen molar-refractivity contribution in [2.45, 2.75) is 32.9 Å². The second kappa shape index (κ2) is 5.73. The quantitative estimate of drug-likeness (QED) is 0.862. The number of fused-ring (bicyclic) bond motifs is 1. The maximum atomic E-state index is 12.5. The van der Waals surface area contributed by atoms with Gasteiger partial charge in [-0.3, -0.25) is 14.5 Å². The summed E-state index contributed by atoms with van der Waals surface area (Å²) in [4.78, 5) is 25.2. The van der Waals surface area contributed by atoms with E-state index in [-0.39, 0.29) is 24.4 Å². The van der Waals surface area contributed by atoms with Crippen LogP contribution in [0.1, 0.15) is 32.4 Å². The van der Waals surface area contributed by atoms with Gasteiger partial charge in [0.25, 0.3) is 5.91 Å². The molecule has 6 nitrogen and oxygen atoms in total. The Kier molecular flexibility index (Phi) is 4.18. The minimum Gasteiger partial charge on any atom is -0.478 e. The highest BCUT2D eigenvalue weighted by molar-refractivity contribution is 6.03. The molecule has 2 rings (SSSR count). The van der Waals surface area contributed by atoms with Gasteiger partial charge in [-0.15, -0.1) is 0 Å². The van der Waals surface area contributed by atoms with Gasteiger partial charge in [-0.05, 0) is 30.5 Å². The summed E-state index contributed by atoms with van der Waals surface area (Å²) >= 11 is 0. The second-order valence-electron chi connectivity index (χ2n) is 5.69. The van der Waals surface area contributed by atoms with Crippen molar-refractivity contribution in [3.63, 3.8) is 0 Å². The molecule has 0 fully saturated rings. The molecule has 1 aromatic rings. The zero-order chi connectivity index (χ0) is 15.7. The number of amides is 2. The number of carbonyl (C=O) groups excluding carboxylic acids is 2. The second-order valence-corrected chi connectivity index (χ2v) is 5.69. The molecule has 0 aromatic heterocycles. The number of hydrogen-bond donors (Lipinski definition) is 2. The van der Waals surface area contributed by atoms with Crippen LogP contribution in [0.15, 0.2) is 18.2 Å². The number of nitrogens with two attached hydrogens (primary N) is 2. The van der Waals surface area contributed by atoms with Crippen LogP contribution >= 0.6 is 0 Å². The number of nitrogens with zero attached hydrogens (tertiary/aromatic N) is 1. The summed E-state index contributed by atoms with van der Waals surface area (Å²) in [7, 11) is 0. The third-order valence-electron chi connectivity index (χ3n) is 3.48. The molecule has 0 saturated heterocycles. The lowest BCUT2D eigenvalue weighted by Crippen LogP contribution is -2.51. The van der Waals surface area contributed by atoms with Crippen LogP contribution in [0.25, 0.3) is 0 Å². The van der Waals surface area contributed by atoms with Crippen LogP contribution in [0, 0.1) is 5.92 Å². The van der Waals surface area contributed by atoms with E-state index < -0.39 is 12.0 Å². The van der Waals surface area contributed by atoms with Crippen molar-refractivity contribution < 1.29 is 14.3 Å². The van der Waals surface area contributed by atoms with Gasteiger partial charge in [0, 0.05) is 6.04 Å². The van der Waals surface area contributed by atoms with Gasteiger partial charge in [0.15, 0.2) is 6.10 Å². The molecule has 0 saturated carbocycles. The lowest BCUT2D eigenvalue weighted by molar-refractivity contribution is -0.129. The summed E-state index contributed by atoms with van der Waals surface area (Å²) in [6, 6.07) is 5.24. The number of carbonyl (C=O) groups is 2. The Morgan fingerprint density at radius 1 is 1.38 bits per heavy atom. The molecule has 21 heavy (non-hydrogen) atoms. The van der Waals surface area contributed by atoms with Crippen molar-refractivity contribution in [3.05, 3.63) is 23.8 Å². The maximum Gasteiger partial charge on any atom is 0.268 e. The topological polar surface area (TPSA) is 98.6 Å². The fraction of sp³-hybridized carbons (Fsp3) is 0.467. The molecule has 0 aliphatic carbocycles. The van der Waals surface area contributed by atoms with Crippen molar-refractivity contribution in [2.24, 2.45) is 17.4 Å². The van der Waals surface area contributed by atoms with Gasteiger partial charge < -0.3 is 16.2 Å². The van der Waals surface area contributed by atoms with Crippen LogP contribution in [0.2, 0.25) is 0 Å². The monoisotopic (exact) mass is 291 g/mol. The number of anilines is 1. The first-order valence-corrected chi connectivity index (χ1v) is 6.97. The highest BCUT2D eigenvalue weighted by Gasteiger charge is 2.37. The van der Waals surface area contributed by atoms with Gasteiger partial charge in [0.1, 0.15) is 12.3 Å². The molecule has 2 unspecified atom stereocenters. The third kappa shape index (κ3) is 3.00. The Bertz CT molecular complexity index is 569. The Labute approximate surface area is 124 Å². The van der Waals surface area contributed by atoms with Crippen molar-refractivity contribution in [2.75, 3.05) is 11.4 Å². The first-order valence-electron chi connectivity index (χ1n) is 6.97. The Balaban J connectivity index is 2.49. The van der Waals surface area contributed by atoms with E-state index in [0.717, 1.165) is 5.56 Å². The Morgan fingerprint density at radius 2 is 2.05 bits per heavy atom. The van der Waals surface area contributed by atoms with Crippen molar-refractivity contribution in [3.8, 4) is 5.75 Å². The van der Waals surface area contributed by atoms with E-state index in [1.54, 1.807) is 12.1 Å². The number of rotatable bonds is 4. The normalized spacial score (nSPS) is 19.2. The molecular formula is C15H21N3O3. The van der Waals surface area contributed by atoms with Crippen molar-refractivity contribution >= 4 is 17.5 Å². The van der Waals surface area contributed by atoms with E-state index in [4.69, 9.17) is 16.2 Å². The van der Waals surface area contributed by atoms with Crippen LogP contribution in [0.5, 0.6) is 5.75 Å². The van der Waals surface area contributed by atoms with E-state index in [9.17, 15) is 9.59 Å². The molecule has 0 spiro atoms. The maximum absolute atomic E-state index is 12.5. The fourth-order valence-corrected chi connectivity index (χ4v) is 2.33. The minimum atomic E-state index is -0.613. The summed E-state index contributed by atoms with van der Waals surface area (Å²) in [5, 5.41) is 0. The van der Waals surface area contributed by atoms with Gasteiger partial charge >= 0.3 is 0 Å². The molecule has 2 atom stereocenters. The zero-order valence-electron chi connectivity index (χ0n) is 12.5. The molecule has 2 amide bonds. The Hall–Kier alpha value is -2.08. The molecule has 6 heteroatoms. The standard InChI is InChI=1S/C15H21N3O3/c1-8(2)14-15(20)18(7-13(17)19)11-6-10(9(3)16)4-5-12(11)21-14/h4-6,8-9,14H,7,16H2,1-3H3,(H2,17,19). The molecule has 1 heterocycles. The zero-order valence-corrected chi connectivity index (χ0v) is 12.5. The van der Waals surface area contributed by atoms with Crippen LogP contribution in [0.3, 0.4) is 0 Å². The number of primary amides is 1. The van der Waals surface area contributed by atoms with E-state index in [1.165, 1.54) is 4.90 Å². The highest BCUT2D eigenvalue weighted by atomic mass is 16.5. The van der Waals surface area contributed by atoms with Gasteiger partial charge in [-0.2, -0.15) is 0 Å². The molecule has 114 valence electrons. The molecular weight excluding hydrogens is 270 g/mol. The van der Waals surface area contributed by atoms with Crippen molar-refractivity contribution in [1.82, 2.24) is 0 Å². The van der Waals surface area contributed by atoms with Crippen LogP contribution in [0.4, 0.5) is 5.69 Å². The lowest BCUT2D eigenvalue weighted by atomic mass is 10.0. The smallest absolute Gasteiger partial charge is 0.268 e. The summed E-state index contributed by atoms with van der Waals surface area (Å²) in [5.74, 6) is -0.254. The summed E-state index contributed by atoms with van der Waals surface area (Å²) in [6.07, 6.45) is -0.613. The van der Waals surface area contributed by atoms with Gasteiger partial charge in [0.05, 0.1) is 5.69 Å². The van der Waals surface area contributed by atoms with Gasteiger partial charge in [0.2, 0.25) is 5.91 Å². The number of ether oxygens (including phenoxy) is 1. The average molecular weight is 291 g/mol. The summed E-state index contributed by atoms with van der Waals surface area (Å²) in [6.45, 7) is 5.47. The number of hydrogen-bond acceptors (Lipinski definition) is 4. The summed E-state index contributed by atoms with van der Waals surface area (Å²) < 4.78 is 5.77. The SMILES string of the molecule is CC(N)c1ccc2c(c1)N(CC(N)=O)C(=O)C(C(C)C)O2. The fourth-order valence-electron chi connectivity index (χ4n) is 2.33. The van der Waals surface area contributed by atoms with E-state index in [0.29, 0.717) is 11.4 Å². The highest BCUT2D eigenvalue weighted by Crippen LogP contribution is 2.37. The van der Waals surface area contributed by atoms with Crippen LogP contribution < -0.4 is 21.1 Å². The molecule has 0 bridgehead atoms. The van der Waals surface area contributed by atoms with Gasteiger partial charge in [-0.1, -0.05) is 19.9 Å². The van der Waals surface area contributed by atoms with Gasteiger partial charge in [-0.25, -0.2) is 0 Å². The predicted molar refractivity (Wildman–Crippen MR) is 79.8 cm³/mol. The minimum absolute atomic E-state index is 0.00543. The first-order chi connectivity index (χ1) is 9.81. The average Bonchev–Trinajstić information content (AvgIpc) is 2.40. The first kappa shape index (κ1) is 15.3. The van der Waals surface area contributed by atoms with E-state index in [1.807, 2.05) is 26.8 Å². The third-order valence-corrected chi connectivity index (χ3v) is 3.48. The summed E-state index contributed by atoms with van der Waals surface area (Å²) in [5.41, 5.74) is 12.5. The van der Waals surface area contributed by atoms with E-state index in [2.05, 4.69) is 0 Å². The molecule has 1 aliphatic rings.